The quantitative estimate of drug-likeness (QED) is 0.661. The fourth-order valence-corrected chi connectivity index (χ4v) is 3.67. The third-order valence-corrected chi connectivity index (χ3v) is 5.33. The molecule has 1 aromatic heterocycles. The third-order valence-electron chi connectivity index (χ3n) is 5.33. The topological polar surface area (TPSA) is 77.7 Å². The minimum atomic E-state index is -0.0367. The summed E-state index contributed by atoms with van der Waals surface area (Å²) in [5, 5.41) is 4.00. The predicted molar refractivity (Wildman–Crippen MR) is 107 cm³/mol. The van der Waals surface area contributed by atoms with Crippen LogP contribution in [0.4, 0.5) is 0 Å². The van der Waals surface area contributed by atoms with E-state index in [9.17, 15) is 4.79 Å². The molecule has 0 radical (unpaired) electrons. The fraction of sp³-hybridized carbons (Fsp3) is 0.318. The van der Waals surface area contributed by atoms with Gasteiger partial charge in [-0.1, -0.05) is 11.2 Å². The molecule has 0 spiro atoms. The number of rotatable bonds is 5. The maximum absolute atomic E-state index is 12.9. The molecular weight excluding hydrogens is 370 g/mol. The SMILES string of the molecule is COc1ccc(-c2noc(CC(=O)N3CCc4ccc(OC)cc4C3C)n2)cc1. The Morgan fingerprint density at radius 2 is 1.86 bits per heavy atom. The van der Waals surface area contributed by atoms with Crippen LogP contribution in [0.5, 0.6) is 11.5 Å². The molecule has 0 saturated heterocycles. The number of fused-ring (bicyclic) bond motifs is 1. The van der Waals surface area contributed by atoms with Crippen molar-refractivity contribution in [1.29, 1.82) is 0 Å². The number of methoxy groups -OCH3 is 2. The van der Waals surface area contributed by atoms with Crippen molar-refractivity contribution in [2.24, 2.45) is 0 Å². The van der Waals surface area contributed by atoms with E-state index in [1.807, 2.05) is 48.2 Å². The van der Waals surface area contributed by atoms with Gasteiger partial charge in [0.15, 0.2) is 0 Å². The summed E-state index contributed by atoms with van der Waals surface area (Å²) in [5.74, 6) is 2.28. The van der Waals surface area contributed by atoms with Gasteiger partial charge in [-0.15, -0.1) is 0 Å². The molecule has 0 aliphatic carbocycles. The van der Waals surface area contributed by atoms with Crippen LogP contribution in [0.3, 0.4) is 0 Å². The standard InChI is InChI=1S/C22H23N3O4/c1-14-19-12-18(28-3)9-4-15(19)10-11-25(14)21(26)13-20-23-22(24-29-20)16-5-7-17(27-2)8-6-16/h4-9,12,14H,10-11,13H2,1-3H3. The van der Waals surface area contributed by atoms with Crippen molar-refractivity contribution in [1.82, 2.24) is 15.0 Å². The van der Waals surface area contributed by atoms with Crippen LogP contribution < -0.4 is 9.47 Å². The third kappa shape index (κ3) is 3.81. The zero-order valence-electron chi connectivity index (χ0n) is 16.7. The molecule has 1 unspecified atom stereocenters. The zero-order valence-corrected chi connectivity index (χ0v) is 16.7. The lowest BCUT2D eigenvalue weighted by Gasteiger charge is -2.35. The number of benzene rings is 2. The number of carbonyl (C=O) groups is 1. The predicted octanol–water partition coefficient (Wildman–Crippen LogP) is 3.44. The smallest absolute Gasteiger partial charge is 0.236 e. The summed E-state index contributed by atoms with van der Waals surface area (Å²) in [6.45, 7) is 2.70. The molecule has 4 rings (SSSR count). The number of ether oxygens (including phenoxy) is 2. The molecule has 2 heterocycles. The molecule has 0 fully saturated rings. The summed E-state index contributed by atoms with van der Waals surface area (Å²) in [5.41, 5.74) is 3.18. The summed E-state index contributed by atoms with van der Waals surface area (Å²) in [4.78, 5) is 19.2. The van der Waals surface area contributed by atoms with Gasteiger partial charge in [-0.05, 0) is 60.9 Å². The van der Waals surface area contributed by atoms with Crippen LogP contribution in [0.15, 0.2) is 47.0 Å². The first-order valence-corrected chi connectivity index (χ1v) is 9.52. The van der Waals surface area contributed by atoms with Gasteiger partial charge in [0.05, 0.1) is 20.3 Å². The molecule has 29 heavy (non-hydrogen) atoms. The summed E-state index contributed by atoms with van der Waals surface area (Å²) in [6.07, 6.45) is 0.892. The van der Waals surface area contributed by atoms with E-state index in [0.717, 1.165) is 29.0 Å². The number of carbonyl (C=O) groups excluding carboxylic acids is 1. The molecule has 7 heteroatoms. The highest BCUT2D eigenvalue weighted by molar-refractivity contribution is 5.79. The number of nitrogens with zero attached hydrogens (tertiary/aromatic N) is 3. The van der Waals surface area contributed by atoms with E-state index in [-0.39, 0.29) is 18.4 Å². The Labute approximate surface area is 169 Å². The van der Waals surface area contributed by atoms with Crippen LogP contribution in [0, 0.1) is 0 Å². The number of amides is 1. The second-order valence-corrected chi connectivity index (χ2v) is 6.99. The average molecular weight is 393 g/mol. The summed E-state index contributed by atoms with van der Waals surface area (Å²) < 4.78 is 15.8. The van der Waals surface area contributed by atoms with Gasteiger partial charge in [0.2, 0.25) is 17.6 Å². The molecule has 1 amide bonds. The van der Waals surface area contributed by atoms with Gasteiger partial charge < -0.3 is 18.9 Å². The monoisotopic (exact) mass is 393 g/mol. The lowest BCUT2D eigenvalue weighted by atomic mass is 9.93. The van der Waals surface area contributed by atoms with Crippen LogP contribution in [-0.2, 0) is 17.6 Å². The minimum Gasteiger partial charge on any atom is -0.497 e. The van der Waals surface area contributed by atoms with Crippen molar-refractivity contribution >= 4 is 5.91 Å². The molecular formula is C22H23N3O4. The van der Waals surface area contributed by atoms with Crippen LogP contribution >= 0.6 is 0 Å². The molecule has 0 bridgehead atoms. The first-order chi connectivity index (χ1) is 14.1. The minimum absolute atomic E-state index is 0.0316. The van der Waals surface area contributed by atoms with E-state index < -0.39 is 0 Å². The van der Waals surface area contributed by atoms with Gasteiger partial charge >= 0.3 is 0 Å². The first kappa shape index (κ1) is 19.0. The van der Waals surface area contributed by atoms with Gasteiger partial charge in [-0.3, -0.25) is 4.79 Å². The highest BCUT2D eigenvalue weighted by atomic mass is 16.5. The molecule has 2 aromatic carbocycles. The maximum atomic E-state index is 12.9. The van der Waals surface area contributed by atoms with E-state index >= 15 is 0 Å². The largest absolute Gasteiger partial charge is 0.497 e. The lowest BCUT2D eigenvalue weighted by molar-refractivity contribution is -0.133. The maximum Gasteiger partial charge on any atom is 0.236 e. The van der Waals surface area contributed by atoms with Crippen LogP contribution in [0.1, 0.15) is 30.0 Å². The average Bonchev–Trinajstić information content (AvgIpc) is 3.22. The molecule has 150 valence electrons. The van der Waals surface area contributed by atoms with Gasteiger partial charge in [0.25, 0.3) is 0 Å². The Morgan fingerprint density at radius 1 is 1.14 bits per heavy atom. The van der Waals surface area contributed by atoms with Crippen molar-refractivity contribution in [3.05, 3.63) is 59.5 Å². The van der Waals surface area contributed by atoms with E-state index in [4.69, 9.17) is 14.0 Å². The van der Waals surface area contributed by atoms with Crippen molar-refractivity contribution in [2.45, 2.75) is 25.8 Å². The van der Waals surface area contributed by atoms with Crippen LogP contribution in [0.25, 0.3) is 11.4 Å². The van der Waals surface area contributed by atoms with E-state index in [1.54, 1.807) is 14.2 Å². The van der Waals surface area contributed by atoms with Gasteiger partial charge in [0, 0.05) is 12.1 Å². The molecule has 1 aliphatic rings. The van der Waals surface area contributed by atoms with Gasteiger partial charge in [0.1, 0.15) is 17.9 Å². The Bertz CT molecular complexity index is 1010. The van der Waals surface area contributed by atoms with Crippen molar-refractivity contribution in [3.63, 3.8) is 0 Å². The zero-order chi connectivity index (χ0) is 20.4. The van der Waals surface area contributed by atoms with Gasteiger partial charge in [-0.25, -0.2) is 0 Å². The molecule has 1 atom stereocenters. The number of hydrogen-bond donors (Lipinski definition) is 0. The Balaban J connectivity index is 1.47. The summed E-state index contributed by atoms with van der Waals surface area (Å²) >= 11 is 0. The normalized spacial score (nSPS) is 15.7. The Kier molecular flexibility index (Phi) is 5.20. The highest BCUT2D eigenvalue weighted by Gasteiger charge is 2.29. The molecule has 1 aliphatic heterocycles. The highest BCUT2D eigenvalue weighted by Crippen LogP contribution is 2.32. The van der Waals surface area contributed by atoms with E-state index in [1.165, 1.54) is 5.56 Å². The molecule has 0 N–H and O–H groups in total. The Hall–Kier alpha value is -3.35. The molecule has 3 aromatic rings. The summed E-state index contributed by atoms with van der Waals surface area (Å²) in [6, 6.07) is 13.4. The fourth-order valence-electron chi connectivity index (χ4n) is 3.67. The Morgan fingerprint density at radius 3 is 2.59 bits per heavy atom. The van der Waals surface area contributed by atoms with Crippen LogP contribution in [-0.4, -0.2) is 41.7 Å². The number of hydrogen-bond acceptors (Lipinski definition) is 6. The van der Waals surface area contributed by atoms with Crippen molar-refractivity contribution in [2.75, 3.05) is 20.8 Å². The number of aromatic nitrogens is 2. The molecule has 0 saturated carbocycles. The van der Waals surface area contributed by atoms with E-state index in [2.05, 4.69) is 16.2 Å². The summed E-state index contributed by atoms with van der Waals surface area (Å²) in [7, 11) is 3.26. The van der Waals surface area contributed by atoms with Crippen molar-refractivity contribution in [3.8, 4) is 22.9 Å². The van der Waals surface area contributed by atoms with Crippen molar-refractivity contribution < 1.29 is 18.8 Å². The lowest BCUT2D eigenvalue weighted by Crippen LogP contribution is -2.39. The second-order valence-electron chi connectivity index (χ2n) is 6.99. The van der Waals surface area contributed by atoms with Crippen LogP contribution in [0.2, 0.25) is 0 Å². The van der Waals surface area contributed by atoms with Gasteiger partial charge in [-0.2, -0.15) is 4.98 Å². The second kappa shape index (κ2) is 7.95. The molecule has 7 nitrogen and oxygen atoms in total. The first-order valence-electron chi connectivity index (χ1n) is 9.52. The van der Waals surface area contributed by atoms with E-state index in [0.29, 0.717) is 18.3 Å².